The summed E-state index contributed by atoms with van der Waals surface area (Å²) in [5, 5.41) is 6.57. The van der Waals surface area contributed by atoms with Gasteiger partial charge in [-0.1, -0.05) is 0 Å². The van der Waals surface area contributed by atoms with Crippen LogP contribution in [0.2, 0.25) is 0 Å². The Morgan fingerprint density at radius 3 is 3.05 bits per heavy atom. The van der Waals surface area contributed by atoms with Crippen LogP contribution >= 0.6 is 11.3 Å². The van der Waals surface area contributed by atoms with Gasteiger partial charge in [0, 0.05) is 28.3 Å². The topological polar surface area (TPSA) is 41.1 Å². The highest BCUT2D eigenvalue weighted by Crippen LogP contribution is 2.17. The molecule has 1 saturated heterocycles. The van der Waals surface area contributed by atoms with E-state index in [2.05, 4.69) is 36.6 Å². The normalized spacial score (nSPS) is 23.3. The first-order valence-corrected chi connectivity index (χ1v) is 8.03. The number of nitrogens with one attached hydrogen (secondary N) is 2. The predicted molar refractivity (Wildman–Crippen MR) is 80.6 cm³/mol. The van der Waals surface area contributed by atoms with Crippen molar-refractivity contribution in [2.75, 3.05) is 6.54 Å². The molecular formula is C15H24N2OS. The molecule has 4 heteroatoms. The van der Waals surface area contributed by atoms with E-state index < -0.39 is 0 Å². The second-order valence-electron chi connectivity index (χ2n) is 5.51. The molecule has 1 amide bonds. The van der Waals surface area contributed by atoms with Crippen molar-refractivity contribution in [2.45, 2.75) is 58.0 Å². The van der Waals surface area contributed by atoms with Gasteiger partial charge in [0.15, 0.2) is 0 Å². The SMILES string of the molecule is Cc1ccc(CCCC(=O)NC2CCNC(C)C2)s1. The lowest BCUT2D eigenvalue weighted by Gasteiger charge is -2.28. The third-order valence-corrected chi connectivity index (χ3v) is 4.67. The molecule has 2 unspecified atom stereocenters. The molecule has 1 aromatic heterocycles. The molecule has 0 radical (unpaired) electrons. The van der Waals surface area contributed by atoms with Gasteiger partial charge < -0.3 is 10.6 Å². The molecule has 1 aromatic rings. The Balaban J connectivity index is 1.64. The lowest BCUT2D eigenvalue weighted by Crippen LogP contribution is -2.46. The second kappa shape index (κ2) is 7.06. The van der Waals surface area contributed by atoms with Crippen molar-refractivity contribution in [3.63, 3.8) is 0 Å². The number of rotatable bonds is 5. The minimum absolute atomic E-state index is 0.215. The number of piperidine rings is 1. The first-order chi connectivity index (χ1) is 9.13. The van der Waals surface area contributed by atoms with Crippen molar-refractivity contribution >= 4 is 17.2 Å². The molecule has 1 aliphatic rings. The van der Waals surface area contributed by atoms with Crippen LogP contribution in [0.5, 0.6) is 0 Å². The molecule has 19 heavy (non-hydrogen) atoms. The van der Waals surface area contributed by atoms with Gasteiger partial charge in [0.05, 0.1) is 0 Å². The minimum Gasteiger partial charge on any atom is -0.353 e. The van der Waals surface area contributed by atoms with Crippen LogP contribution in [0.4, 0.5) is 0 Å². The summed E-state index contributed by atoms with van der Waals surface area (Å²) in [5.74, 6) is 0.215. The summed E-state index contributed by atoms with van der Waals surface area (Å²) in [7, 11) is 0. The summed E-state index contributed by atoms with van der Waals surface area (Å²) in [5.41, 5.74) is 0. The van der Waals surface area contributed by atoms with E-state index in [9.17, 15) is 4.79 Å². The Morgan fingerprint density at radius 1 is 1.53 bits per heavy atom. The van der Waals surface area contributed by atoms with E-state index in [1.54, 1.807) is 0 Å². The summed E-state index contributed by atoms with van der Waals surface area (Å²) in [6, 6.07) is 5.21. The van der Waals surface area contributed by atoms with Crippen LogP contribution < -0.4 is 10.6 Å². The quantitative estimate of drug-likeness (QED) is 0.870. The fourth-order valence-electron chi connectivity index (χ4n) is 2.61. The Labute approximate surface area is 119 Å². The number of hydrogen-bond donors (Lipinski definition) is 2. The standard InChI is InChI=1S/C15H24N2OS/c1-11-10-13(8-9-16-11)17-15(18)5-3-4-14-7-6-12(2)19-14/h6-7,11,13,16H,3-5,8-10H2,1-2H3,(H,17,18). The largest absolute Gasteiger partial charge is 0.353 e. The number of hydrogen-bond acceptors (Lipinski definition) is 3. The zero-order valence-electron chi connectivity index (χ0n) is 11.9. The molecular weight excluding hydrogens is 256 g/mol. The summed E-state index contributed by atoms with van der Waals surface area (Å²) in [6.07, 6.45) is 4.73. The fraction of sp³-hybridized carbons (Fsp3) is 0.667. The van der Waals surface area contributed by atoms with Gasteiger partial charge in [0.2, 0.25) is 5.91 Å². The highest BCUT2D eigenvalue weighted by molar-refractivity contribution is 7.11. The third kappa shape index (κ3) is 4.96. The summed E-state index contributed by atoms with van der Waals surface area (Å²) in [6.45, 7) is 5.32. The van der Waals surface area contributed by atoms with E-state index in [1.807, 2.05) is 11.3 Å². The highest BCUT2D eigenvalue weighted by atomic mass is 32.1. The Hall–Kier alpha value is -0.870. The fourth-order valence-corrected chi connectivity index (χ4v) is 3.54. The molecule has 2 heterocycles. The van der Waals surface area contributed by atoms with Gasteiger partial charge >= 0.3 is 0 Å². The molecule has 0 aliphatic carbocycles. The van der Waals surface area contributed by atoms with Gasteiger partial charge in [-0.05, 0) is 58.2 Å². The zero-order chi connectivity index (χ0) is 13.7. The van der Waals surface area contributed by atoms with Crippen molar-refractivity contribution in [1.29, 1.82) is 0 Å². The van der Waals surface area contributed by atoms with Gasteiger partial charge in [-0.2, -0.15) is 0 Å². The van der Waals surface area contributed by atoms with Crippen molar-refractivity contribution in [1.82, 2.24) is 10.6 Å². The molecule has 106 valence electrons. The van der Waals surface area contributed by atoms with E-state index in [0.29, 0.717) is 18.5 Å². The highest BCUT2D eigenvalue weighted by Gasteiger charge is 2.19. The average Bonchev–Trinajstić information content (AvgIpc) is 2.75. The molecule has 2 N–H and O–H groups in total. The van der Waals surface area contributed by atoms with Gasteiger partial charge in [-0.25, -0.2) is 0 Å². The molecule has 1 fully saturated rings. The van der Waals surface area contributed by atoms with Crippen molar-refractivity contribution < 1.29 is 4.79 Å². The van der Waals surface area contributed by atoms with Crippen LogP contribution in [0.1, 0.15) is 42.4 Å². The summed E-state index contributed by atoms with van der Waals surface area (Å²) < 4.78 is 0. The zero-order valence-corrected chi connectivity index (χ0v) is 12.7. The molecule has 2 atom stereocenters. The van der Waals surface area contributed by atoms with Gasteiger partial charge in [0.25, 0.3) is 0 Å². The van der Waals surface area contributed by atoms with Crippen LogP contribution in [0.25, 0.3) is 0 Å². The molecule has 0 aromatic carbocycles. The van der Waals surface area contributed by atoms with E-state index >= 15 is 0 Å². The maximum Gasteiger partial charge on any atom is 0.220 e. The van der Waals surface area contributed by atoms with E-state index in [-0.39, 0.29) is 5.91 Å². The van der Waals surface area contributed by atoms with Crippen molar-refractivity contribution in [3.05, 3.63) is 21.9 Å². The van der Waals surface area contributed by atoms with Gasteiger partial charge in [0.1, 0.15) is 0 Å². The molecule has 3 nitrogen and oxygen atoms in total. The number of carbonyl (C=O) groups is 1. The third-order valence-electron chi connectivity index (χ3n) is 3.61. The first kappa shape index (κ1) is 14.5. The Bertz CT molecular complexity index is 416. The van der Waals surface area contributed by atoms with E-state index in [4.69, 9.17) is 0 Å². The monoisotopic (exact) mass is 280 g/mol. The van der Waals surface area contributed by atoms with Crippen LogP contribution in [0.3, 0.4) is 0 Å². The first-order valence-electron chi connectivity index (χ1n) is 7.21. The van der Waals surface area contributed by atoms with Crippen LogP contribution in [0.15, 0.2) is 12.1 Å². The summed E-state index contributed by atoms with van der Waals surface area (Å²) in [4.78, 5) is 14.6. The maximum absolute atomic E-state index is 11.9. The van der Waals surface area contributed by atoms with E-state index in [0.717, 1.165) is 32.2 Å². The van der Waals surface area contributed by atoms with Crippen molar-refractivity contribution in [2.24, 2.45) is 0 Å². The minimum atomic E-state index is 0.215. The van der Waals surface area contributed by atoms with Gasteiger partial charge in [-0.3, -0.25) is 4.79 Å². The number of carbonyl (C=O) groups excluding carboxylic acids is 1. The van der Waals surface area contributed by atoms with Gasteiger partial charge in [-0.15, -0.1) is 11.3 Å². The van der Waals surface area contributed by atoms with Crippen LogP contribution in [0, 0.1) is 6.92 Å². The molecule has 2 rings (SSSR count). The number of aryl methyl sites for hydroxylation is 2. The second-order valence-corrected chi connectivity index (χ2v) is 6.88. The Morgan fingerprint density at radius 2 is 2.37 bits per heavy atom. The molecule has 0 saturated carbocycles. The van der Waals surface area contributed by atoms with Crippen LogP contribution in [-0.4, -0.2) is 24.5 Å². The average molecular weight is 280 g/mol. The molecule has 1 aliphatic heterocycles. The van der Waals surface area contributed by atoms with E-state index in [1.165, 1.54) is 9.75 Å². The predicted octanol–water partition coefficient (Wildman–Crippen LogP) is 2.64. The smallest absolute Gasteiger partial charge is 0.220 e. The lowest BCUT2D eigenvalue weighted by molar-refractivity contribution is -0.122. The van der Waals surface area contributed by atoms with Crippen molar-refractivity contribution in [3.8, 4) is 0 Å². The number of amides is 1. The molecule has 0 spiro atoms. The lowest BCUT2D eigenvalue weighted by atomic mass is 10.0. The summed E-state index contributed by atoms with van der Waals surface area (Å²) >= 11 is 1.84. The molecule has 0 bridgehead atoms. The van der Waals surface area contributed by atoms with Crippen LogP contribution in [-0.2, 0) is 11.2 Å². The maximum atomic E-state index is 11.9. The Kier molecular flexibility index (Phi) is 5.40. The number of thiophene rings is 1.